The van der Waals surface area contributed by atoms with Gasteiger partial charge in [0.25, 0.3) is 5.69 Å². The highest BCUT2D eigenvalue weighted by atomic mass is 32.2. The van der Waals surface area contributed by atoms with Crippen LogP contribution >= 0.6 is 0 Å². The first-order valence-corrected chi connectivity index (χ1v) is 9.11. The lowest BCUT2D eigenvalue weighted by atomic mass is 10.3. The molecule has 1 aromatic carbocycles. The number of nitrogens with zero attached hydrogens (tertiary/aromatic N) is 3. The van der Waals surface area contributed by atoms with E-state index >= 15 is 0 Å². The predicted molar refractivity (Wildman–Crippen MR) is 92.6 cm³/mol. The number of hydrogen-bond donors (Lipinski definition) is 1. The lowest BCUT2D eigenvalue weighted by Gasteiger charge is -2.26. The van der Waals surface area contributed by atoms with Crippen LogP contribution in [0.25, 0.3) is 0 Å². The summed E-state index contributed by atoms with van der Waals surface area (Å²) >= 11 is 0. The molecule has 1 saturated heterocycles. The van der Waals surface area contributed by atoms with Gasteiger partial charge in [0, 0.05) is 25.2 Å². The van der Waals surface area contributed by atoms with Crippen molar-refractivity contribution in [3.05, 3.63) is 52.5 Å². The molecule has 2 aromatic rings. The molecule has 1 aliphatic rings. The first-order valence-electron chi connectivity index (χ1n) is 7.67. The molecule has 1 aromatic heterocycles. The highest BCUT2D eigenvalue weighted by Gasteiger charge is 2.30. The zero-order valence-corrected chi connectivity index (χ0v) is 14.4. The van der Waals surface area contributed by atoms with Crippen molar-refractivity contribution < 1.29 is 22.5 Å². The Morgan fingerprint density at radius 2 is 2.04 bits per heavy atom. The molecule has 0 amide bonds. The third-order valence-corrected chi connectivity index (χ3v) is 5.62. The molecule has 2 heterocycles. The summed E-state index contributed by atoms with van der Waals surface area (Å²) in [6.45, 7) is 0.904. The first kappa shape index (κ1) is 18.0. The summed E-state index contributed by atoms with van der Waals surface area (Å²) in [5.74, 6) is 0.469. The molecule has 1 N–H and O–H groups in total. The normalized spacial score (nSPS) is 16.0. The number of nitro benzene ring substituents is 1. The number of benzene rings is 1. The molecule has 0 saturated carbocycles. The third-order valence-electron chi connectivity index (χ3n) is 3.68. The van der Waals surface area contributed by atoms with Gasteiger partial charge in [-0.2, -0.15) is 9.41 Å². The number of rotatable bonds is 6. The molecule has 11 heteroatoms. The van der Waals surface area contributed by atoms with Crippen LogP contribution in [-0.2, 0) is 14.8 Å². The van der Waals surface area contributed by atoms with Crippen LogP contribution < -0.4 is 5.43 Å². The quantitative estimate of drug-likeness (QED) is 0.458. The van der Waals surface area contributed by atoms with E-state index < -0.39 is 14.9 Å². The van der Waals surface area contributed by atoms with Crippen molar-refractivity contribution in [1.29, 1.82) is 0 Å². The van der Waals surface area contributed by atoms with E-state index in [-0.39, 0.29) is 42.6 Å². The number of nitro groups is 1. The largest absolute Gasteiger partial charge is 0.463 e. The second kappa shape index (κ2) is 7.64. The minimum atomic E-state index is -3.94. The molecule has 26 heavy (non-hydrogen) atoms. The summed E-state index contributed by atoms with van der Waals surface area (Å²) in [6.07, 6.45) is 2.84. The number of anilines is 1. The maximum atomic E-state index is 12.9. The topological polar surface area (TPSA) is 127 Å². The Balaban J connectivity index is 1.94. The SMILES string of the molecule is O=[N+]([O-])c1ccc(N/N=C/c2ccco2)c(S(=O)(=O)N2CCOCC2)c1. The number of furan rings is 1. The smallest absolute Gasteiger partial charge is 0.270 e. The molecule has 1 aliphatic heterocycles. The molecule has 0 spiro atoms. The summed E-state index contributed by atoms with van der Waals surface area (Å²) < 4.78 is 37.3. The maximum absolute atomic E-state index is 12.9. The average molecular weight is 380 g/mol. The highest BCUT2D eigenvalue weighted by Crippen LogP contribution is 2.29. The molecule has 0 radical (unpaired) electrons. The third kappa shape index (κ3) is 3.90. The Morgan fingerprint density at radius 3 is 2.69 bits per heavy atom. The van der Waals surface area contributed by atoms with Gasteiger partial charge < -0.3 is 9.15 Å². The summed E-state index contributed by atoms with van der Waals surface area (Å²) in [7, 11) is -3.94. The molecule has 3 rings (SSSR count). The second-order valence-corrected chi connectivity index (χ2v) is 7.25. The van der Waals surface area contributed by atoms with E-state index in [0.717, 1.165) is 6.07 Å². The summed E-state index contributed by atoms with van der Waals surface area (Å²) in [4.78, 5) is 10.2. The van der Waals surface area contributed by atoms with E-state index in [1.54, 1.807) is 12.1 Å². The van der Waals surface area contributed by atoms with Crippen LogP contribution in [0.5, 0.6) is 0 Å². The van der Waals surface area contributed by atoms with Gasteiger partial charge in [-0.25, -0.2) is 8.42 Å². The number of morpholine rings is 1. The van der Waals surface area contributed by atoms with Gasteiger partial charge in [-0.1, -0.05) is 0 Å². The molecule has 10 nitrogen and oxygen atoms in total. The molecule has 138 valence electrons. The molecule has 1 fully saturated rings. The molecule has 0 unspecified atom stereocenters. The first-order chi connectivity index (χ1) is 12.5. The van der Waals surface area contributed by atoms with Gasteiger partial charge in [0.1, 0.15) is 10.7 Å². The molecule has 0 aliphatic carbocycles. The number of non-ortho nitro benzene ring substituents is 1. The summed E-state index contributed by atoms with van der Waals surface area (Å²) in [5.41, 5.74) is 2.42. The minimum Gasteiger partial charge on any atom is -0.463 e. The van der Waals surface area contributed by atoms with E-state index in [0.29, 0.717) is 5.76 Å². The average Bonchev–Trinajstić information content (AvgIpc) is 3.16. The molecular formula is C15H16N4O6S. The van der Waals surface area contributed by atoms with Crippen molar-refractivity contribution in [1.82, 2.24) is 4.31 Å². The van der Waals surface area contributed by atoms with Gasteiger partial charge in [0.05, 0.1) is 36.3 Å². The Kier molecular flexibility index (Phi) is 5.30. The van der Waals surface area contributed by atoms with E-state index in [1.165, 1.54) is 28.9 Å². The van der Waals surface area contributed by atoms with Crippen LogP contribution in [0.2, 0.25) is 0 Å². The Labute approximate surface area is 149 Å². The zero-order chi connectivity index (χ0) is 18.6. The van der Waals surface area contributed by atoms with Crippen molar-refractivity contribution in [3.8, 4) is 0 Å². The fourth-order valence-corrected chi connectivity index (χ4v) is 3.96. The fraction of sp³-hybridized carbons (Fsp3) is 0.267. The van der Waals surface area contributed by atoms with Gasteiger partial charge >= 0.3 is 0 Å². The van der Waals surface area contributed by atoms with Crippen molar-refractivity contribution >= 4 is 27.6 Å². The Hall–Kier alpha value is -2.76. The zero-order valence-electron chi connectivity index (χ0n) is 13.6. The minimum absolute atomic E-state index is 0.130. The van der Waals surface area contributed by atoms with Crippen molar-refractivity contribution in [2.75, 3.05) is 31.7 Å². The lowest BCUT2D eigenvalue weighted by Crippen LogP contribution is -2.40. The van der Waals surface area contributed by atoms with Crippen molar-refractivity contribution in [2.45, 2.75) is 4.90 Å². The molecule has 0 bridgehead atoms. The Morgan fingerprint density at radius 1 is 1.27 bits per heavy atom. The van der Waals surface area contributed by atoms with Gasteiger partial charge in [-0.3, -0.25) is 15.5 Å². The number of hydrogen-bond acceptors (Lipinski definition) is 8. The fourth-order valence-electron chi connectivity index (χ4n) is 2.39. The van der Waals surface area contributed by atoms with Crippen LogP contribution in [0, 0.1) is 10.1 Å². The van der Waals surface area contributed by atoms with Crippen LogP contribution in [0.3, 0.4) is 0 Å². The van der Waals surface area contributed by atoms with Gasteiger partial charge in [-0.15, -0.1) is 0 Å². The van der Waals surface area contributed by atoms with Gasteiger partial charge in [0.2, 0.25) is 10.0 Å². The number of nitrogens with one attached hydrogen (secondary N) is 1. The van der Waals surface area contributed by atoms with Crippen molar-refractivity contribution in [3.63, 3.8) is 0 Å². The second-order valence-electron chi connectivity index (χ2n) is 5.34. The Bertz CT molecular complexity index is 904. The lowest BCUT2D eigenvalue weighted by molar-refractivity contribution is -0.385. The molecular weight excluding hydrogens is 364 g/mol. The monoisotopic (exact) mass is 380 g/mol. The molecule has 0 atom stereocenters. The van der Waals surface area contributed by atoms with Crippen LogP contribution in [0.15, 0.2) is 51.0 Å². The van der Waals surface area contributed by atoms with E-state index in [4.69, 9.17) is 9.15 Å². The maximum Gasteiger partial charge on any atom is 0.270 e. The van der Waals surface area contributed by atoms with Gasteiger partial charge in [0.15, 0.2) is 0 Å². The number of sulfonamides is 1. The van der Waals surface area contributed by atoms with E-state index in [1.807, 2.05) is 0 Å². The predicted octanol–water partition coefficient (Wildman–Crippen LogP) is 1.65. The van der Waals surface area contributed by atoms with Crippen LogP contribution in [-0.4, -0.2) is 50.2 Å². The van der Waals surface area contributed by atoms with Crippen LogP contribution in [0.1, 0.15) is 5.76 Å². The van der Waals surface area contributed by atoms with E-state index in [9.17, 15) is 18.5 Å². The van der Waals surface area contributed by atoms with Crippen LogP contribution in [0.4, 0.5) is 11.4 Å². The summed E-state index contributed by atoms with van der Waals surface area (Å²) in [5, 5.41) is 15.0. The van der Waals surface area contributed by atoms with E-state index in [2.05, 4.69) is 10.5 Å². The van der Waals surface area contributed by atoms with Gasteiger partial charge in [-0.05, 0) is 18.2 Å². The van der Waals surface area contributed by atoms with Crippen molar-refractivity contribution in [2.24, 2.45) is 5.10 Å². The number of ether oxygens (including phenoxy) is 1. The highest BCUT2D eigenvalue weighted by molar-refractivity contribution is 7.89. The standard InChI is InChI=1S/C15H16N4O6S/c20-19(21)12-3-4-14(17-16-11-13-2-1-7-25-13)15(10-12)26(22,23)18-5-8-24-9-6-18/h1-4,7,10-11,17H,5-6,8-9H2/b16-11+. The summed E-state index contributed by atoms with van der Waals surface area (Å²) in [6, 6.07) is 6.90. The number of hydrazone groups is 1.